The quantitative estimate of drug-likeness (QED) is 0.750. The van der Waals surface area contributed by atoms with Gasteiger partial charge in [-0.05, 0) is 25.8 Å². The van der Waals surface area contributed by atoms with Gasteiger partial charge in [0, 0.05) is 28.8 Å². The van der Waals surface area contributed by atoms with Gasteiger partial charge in [0.1, 0.15) is 0 Å². The third-order valence-electron chi connectivity index (χ3n) is 3.79. The van der Waals surface area contributed by atoms with Crippen molar-refractivity contribution in [3.05, 3.63) is 34.8 Å². The first kappa shape index (κ1) is 15.9. The van der Waals surface area contributed by atoms with Gasteiger partial charge in [-0.25, -0.2) is 13.2 Å². The third kappa shape index (κ3) is 2.79. The number of nitrogens with one attached hydrogen (secondary N) is 2. The first-order valence-electron chi connectivity index (χ1n) is 7.46. The molecule has 2 nitrogen and oxygen atoms in total. The van der Waals surface area contributed by atoms with Crippen LogP contribution in [0.1, 0.15) is 50.9 Å². The number of rotatable bonds is 6. The van der Waals surface area contributed by atoms with Gasteiger partial charge >= 0.3 is 0 Å². The Bertz CT molecular complexity index is 634. The number of benzene rings is 1. The van der Waals surface area contributed by atoms with Gasteiger partial charge in [0.2, 0.25) is 0 Å². The Morgan fingerprint density at radius 3 is 2.43 bits per heavy atom. The second-order valence-electron chi connectivity index (χ2n) is 5.19. The number of H-pyrrole nitrogens is 1. The SMILES string of the molecule is CCCNC(CC)c1c(CC)[nH]c2cc(F)c(F)c(F)c12. The van der Waals surface area contributed by atoms with Crippen molar-refractivity contribution in [3.8, 4) is 0 Å². The van der Waals surface area contributed by atoms with Gasteiger partial charge < -0.3 is 10.3 Å². The number of hydrogen-bond acceptors (Lipinski definition) is 1. The van der Waals surface area contributed by atoms with Crippen molar-refractivity contribution in [2.45, 2.75) is 46.1 Å². The Balaban J connectivity index is 2.67. The van der Waals surface area contributed by atoms with E-state index in [1.165, 1.54) is 0 Å². The van der Waals surface area contributed by atoms with E-state index >= 15 is 0 Å². The lowest BCUT2D eigenvalue weighted by Crippen LogP contribution is -2.22. The summed E-state index contributed by atoms with van der Waals surface area (Å²) in [6.45, 7) is 6.76. The summed E-state index contributed by atoms with van der Waals surface area (Å²) >= 11 is 0. The zero-order valence-electron chi connectivity index (χ0n) is 12.6. The number of fused-ring (bicyclic) bond motifs is 1. The fraction of sp³-hybridized carbons (Fsp3) is 0.500. The van der Waals surface area contributed by atoms with Gasteiger partial charge in [-0.2, -0.15) is 0 Å². The van der Waals surface area contributed by atoms with E-state index in [1.54, 1.807) is 0 Å². The Kier molecular flexibility index (Phi) is 4.93. The van der Waals surface area contributed by atoms with Gasteiger partial charge in [-0.3, -0.25) is 0 Å². The minimum atomic E-state index is -1.41. The fourth-order valence-corrected chi connectivity index (χ4v) is 2.77. The second kappa shape index (κ2) is 6.52. The van der Waals surface area contributed by atoms with Crippen molar-refractivity contribution in [2.24, 2.45) is 0 Å². The van der Waals surface area contributed by atoms with Crippen molar-refractivity contribution in [2.75, 3.05) is 6.54 Å². The maximum atomic E-state index is 14.2. The van der Waals surface area contributed by atoms with Crippen LogP contribution in [0.15, 0.2) is 6.07 Å². The molecule has 2 N–H and O–H groups in total. The predicted octanol–water partition coefficient (Wildman–Crippen LogP) is 4.60. The number of halogens is 3. The summed E-state index contributed by atoms with van der Waals surface area (Å²) in [5, 5.41) is 3.51. The van der Waals surface area contributed by atoms with Gasteiger partial charge in [0.25, 0.3) is 0 Å². The third-order valence-corrected chi connectivity index (χ3v) is 3.79. The number of aromatic amines is 1. The molecule has 0 saturated carbocycles. The van der Waals surface area contributed by atoms with Crippen molar-refractivity contribution in [3.63, 3.8) is 0 Å². The van der Waals surface area contributed by atoms with E-state index in [9.17, 15) is 13.2 Å². The molecule has 1 atom stereocenters. The Labute approximate surface area is 122 Å². The van der Waals surface area contributed by atoms with Crippen LogP contribution in [0.25, 0.3) is 10.9 Å². The summed E-state index contributed by atoms with van der Waals surface area (Å²) in [5.74, 6) is -3.67. The van der Waals surface area contributed by atoms with E-state index in [2.05, 4.69) is 10.3 Å². The van der Waals surface area contributed by atoms with E-state index in [4.69, 9.17) is 0 Å². The predicted molar refractivity (Wildman–Crippen MR) is 78.9 cm³/mol. The van der Waals surface area contributed by atoms with Crippen LogP contribution in [-0.2, 0) is 6.42 Å². The van der Waals surface area contributed by atoms with Gasteiger partial charge in [-0.15, -0.1) is 0 Å². The van der Waals surface area contributed by atoms with E-state index in [-0.39, 0.29) is 11.4 Å². The summed E-state index contributed by atoms with van der Waals surface area (Å²) in [4.78, 5) is 3.03. The highest BCUT2D eigenvalue weighted by Gasteiger charge is 2.24. The Hall–Kier alpha value is -1.49. The van der Waals surface area contributed by atoms with E-state index in [0.29, 0.717) is 11.9 Å². The van der Waals surface area contributed by atoms with Crippen LogP contribution in [0.5, 0.6) is 0 Å². The van der Waals surface area contributed by atoms with Crippen molar-refractivity contribution in [1.82, 2.24) is 10.3 Å². The smallest absolute Gasteiger partial charge is 0.195 e. The standard InChI is InChI=1S/C16H21F3N2/c1-4-7-20-10(5-2)13-11(6-3)21-12-8-9(17)15(18)16(19)14(12)13/h8,10,20-21H,4-7H2,1-3H3. The molecule has 0 amide bonds. The summed E-state index contributed by atoms with van der Waals surface area (Å²) in [6.07, 6.45) is 2.35. The molecule has 0 aliphatic rings. The van der Waals surface area contributed by atoms with Crippen LogP contribution < -0.4 is 5.32 Å². The molecule has 0 aliphatic heterocycles. The van der Waals surface area contributed by atoms with Crippen LogP contribution in [0.4, 0.5) is 13.2 Å². The van der Waals surface area contributed by atoms with Crippen LogP contribution in [0, 0.1) is 17.5 Å². The van der Waals surface area contributed by atoms with Crippen LogP contribution >= 0.6 is 0 Å². The fourth-order valence-electron chi connectivity index (χ4n) is 2.77. The minimum Gasteiger partial charge on any atom is -0.358 e. The average Bonchev–Trinajstić information content (AvgIpc) is 2.84. The van der Waals surface area contributed by atoms with Crippen LogP contribution in [0.2, 0.25) is 0 Å². The average molecular weight is 298 g/mol. The van der Waals surface area contributed by atoms with Crippen molar-refractivity contribution in [1.29, 1.82) is 0 Å². The highest BCUT2D eigenvalue weighted by molar-refractivity contribution is 5.86. The van der Waals surface area contributed by atoms with Gasteiger partial charge in [-0.1, -0.05) is 20.8 Å². The first-order chi connectivity index (χ1) is 10.0. The van der Waals surface area contributed by atoms with Gasteiger partial charge in [0.15, 0.2) is 17.5 Å². The highest BCUT2D eigenvalue weighted by atomic mass is 19.2. The lowest BCUT2D eigenvalue weighted by molar-refractivity contribution is 0.452. The highest BCUT2D eigenvalue weighted by Crippen LogP contribution is 2.34. The summed E-state index contributed by atoms with van der Waals surface area (Å²) in [6, 6.07) is 0.955. The minimum absolute atomic E-state index is 0.0759. The molecular formula is C16H21F3N2. The molecule has 0 bridgehead atoms. The molecule has 0 saturated heterocycles. The normalized spacial score (nSPS) is 13.0. The monoisotopic (exact) mass is 298 g/mol. The van der Waals surface area contributed by atoms with Crippen LogP contribution in [0.3, 0.4) is 0 Å². The molecule has 0 spiro atoms. The number of aromatic nitrogens is 1. The molecule has 2 aromatic rings. The molecule has 1 aromatic heterocycles. The van der Waals surface area contributed by atoms with Gasteiger partial charge in [0.05, 0.1) is 5.52 Å². The Morgan fingerprint density at radius 2 is 1.86 bits per heavy atom. The number of hydrogen-bond donors (Lipinski definition) is 2. The van der Waals surface area contributed by atoms with Crippen molar-refractivity contribution >= 4 is 10.9 Å². The summed E-state index contributed by atoms with van der Waals surface area (Å²) < 4.78 is 41.2. The maximum absolute atomic E-state index is 14.2. The molecule has 0 fully saturated rings. The lowest BCUT2D eigenvalue weighted by atomic mass is 9.98. The molecular weight excluding hydrogens is 277 g/mol. The molecule has 21 heavy (non-hydrogen) atoms. The molecule has 2 rings (SSSR count). The van der Waals surface area contributed by atoms with E-state index in [0.717, 1.165) is 36.7 Å². The van der Waals surface area contributed by atoms with Crippen LogP contribution in [-0.4, -0.2) is 11.5 Å². The molecule has 1 aromatic carbocycles. The molecule has 1 heterocycles. The molecule has 5 heteroatoms. The zero-order chi connectivity index (χ0) is 15.6. The zero-order valence-corrected chi connectivity index (χ0v) is 12.6. The topological polar surface area (TPSA) is 27.8 Å². The lowest BCUT2D eigenvalue weighted by Gasteiger charge is -2.18. The first-order valence-corrected chi connectivity index (χ1v) is 7.46. The molecule has 116 valence electrons. The van der Waals surface area contributed by atoms with Crippen molar-refractivity contribution < 1.29 is 13.2 Å². The Morgan fingerprint density at radius 1 is 1.14 bits per heavy atom. The number of aryl methyl sites for hydroxylation is 1. The summed E-state index contributed by atoms with van der Waals surface area (Å²) in [7, 11) is 0. The summed E-state index contributed by atoms with van der Waals surface area (Å²) in [5.41, 5.74) is 1.86. The van der Waals surface area contributed by atoms with E-state index < -0.39 is 17.5 Å². The molecule has 0 aliphatic carbocycles. The second-order valence-corrected chi connectivity index (χ2v) is 5.19. The van der Waals surface area contributed by atoms with E-state index in [1.807, 2.05) is 20.8 Å². The molecule has 1 unspecified atom stereocenters. The maximum Gasteiger partial charge on any atom is 0.195 e. The molecule has 0 radical (unpaired) electrons. The largest absolute Gasteiger partial charge is 0.358 e.